The molecule has 1 heterocycles. The predicted octanol–water partition coefficient (Wildman–Crippen LogP) is 6.28. The monoisotopic (exact) mass is 363 g/mol. The van der Waals surface area contributed by atoms with Crippen LogP contribution in [0, 0.1) is 12.7 Å². The topological polar surface area (TPSA) is 12.0 Å². The van der Waals surface area contributed by atoms with Crippen molar-refractivity contribution in [2.75, 3.05) is 5.32 Å². The Morgan fingerprint density at radius 1 is 1.19 bits per heavy atom. The van der Waals surface area contributed by atoms with Gasteiger partial charge in [-0.1, -0.05) is 18.2 Å². The Hall–Kier alpha value is -1.39. The van der Waals surface area contributed by atoms with Crippen molar-refractivity contribution in [3.8, 4) is 0 Å². The average molecular weight is 364 g/mol. The summed E-state index contributed by atoms with van der Waals surface area (Å²) in [5, 5.41) is 4.66. The van der Waals surface area contributed by atoms with Crippen LogP contribution in [0.15, 0.2) is 46.9 Å². The van der Waals surface area contributed by atoms with E-state index in [9.17, 15) is 4.39 Å². The Morgan fingerprint density at radius 3 is 2.71 bits per heavy atom. The van der Waals surface area contributed by atoms with Crippen LogP contribution in [0.25, 0.3) is 10.1 Å². The lowest BCUT2D eigenvalue weighted by Crippen LogP contribution is -2.06. The van der Waals surface area contributed by atoms with Gasteiger partial charge in [0.15, 0.2) is 0 Å². The lowest BCUT2D eigenvalue weighted by atomic mass is 10.1. The molecule has 0 bridgehead atoms. The molecule has 3 rings (SSSR count). The second kappa shape index (κ2) is 5.78. The average Bonchev–Trinajstić information content (AvgIpc) is 2.88. The molecule has 21 heavy (non-hydrogen) atoms. The minimum absolute atomic E-state index is 0.140. The first-order valence-electron chi connectivity index (χ1n) is 6.75. The number of fused-ring (bicyclic) bond motifs is 1. The molecule has 2 aromatic carbocycles. The fraction of sp³-hybridized carbons (Fsp3) is 0.176. The van der Waals surface area contributed by atoms with Crippen LogP contribution in [0.5, 0.6) is 0 Å². The maximum Gasteiger partial charge on any atom is 0.139 e. The lowest BCUT2D eigenvalue weighted by Gasteiger charge is -2.16. The number of anilines is 1. The number of hydrogen-bond donors (Lipinski definition) is 1. The van der Waals surface area contributed by atoms with Crippen LogP contribution < -0.4 is 5.32 Å². The standard InChI is InChI=1S/C17H15BrFNS/c1-10-7-13(18)14(19)9-15(10)20-11(2)17-8-12-5-3-4-6-16(12)21-17/h3-9,11,20H,1-2H3. The normalized spacial score (nSPS) is 12.6. The molecule has 108 valence electrons. The molecule has 1 aromatic heterocycles. The highest BCUT2D eigenvalue weighted by molar-refractivity contribution is 9.10. The molecule has 1 atom stereocenters. The van der Waals surface area contributed by atoms with E-state index < -0.39 is 0 Å². The third-order valence-electron chi connectivity index (χ3n) is 3.51. The molecule has 4 heteroatoms. The van der Waals surface area contributed by atoms with Gasteiger partial charge in [0.2, 0.25) is 0 Å². The Labute approximate surface area is 135 Å². The van der Waals surface area contributed by atoms with E-state index in [2.05, 4.69) is 52.4 Å². The first-order valence-corrected chi connectivity index (χ1v) is 8.36. The summed E-state index contributed by atoms with van der Waals surface area (Å²) in [7, 11) is 0. The summed E-state index contributed by atoms with van der Waals surface area (Å²) in [5.41, 5.74) is 1.86. The third kappa shape index (κ3) is 2.97. The van der Waals surface area contributed by atoms with E-state index in [1.165, 1.54) is 15.0 Å². The summed E-state index contributed by atoms with van der Waals surface area (Å²) in [6.45, 7) is 4.08. The number of halogens is 2. The SMILES string of the molecule is Cc1cc(Br)c(F)cc1NC(C)c1cc2ccccc2s1. The van der Waals surface area contributed by atoms with Crippen molar-refractivity contribution in [1.82, 2.24) is 0 Å². The van der Waals surface area contributed by atoms with E-state index in [0.717, 1.165) is 11.3 Å². The van der Waals surface area contributed by atoms with Gasteiger partial charge in [0.05, 0.1) is 10.5 Å². The largest absolute Gasteiger partial charge is 0.377 e. The van der Waals surface area contributed by atoms with Crippen LogP contribution in [0.4, 0.5) is 10.1 Å². The third-order valence-corrected chi connectivity index (χ3v) is 5.42. The molecule has 1 nitrogen and oxygen atoms in total. The summed E-state index contributed by atoms with van der Waals surface area (Å²) in [5.74, 6) is -0.244. The molecule has 3 aromatic rings. The Morgan fingerprint density at radius 2 is 1.95 bits per heavy atom. The van der Waals surface area contributed by atoms with Crippen molar-refractivity contribution in [2.45, 2.75) is 19.9 Å². The maximum absolute atomic E-state index is 13.7. The van der Waals surface area contributed by atoms with Crippen LogP contribution in [0.1, 0.15) is 23.4 Å². The fourth-order valence-corrected chi connectivity index (χ4v) is 3.85. The van der Waals surface area contributed by atoms with Gasteiger partial charge in [-0.2, -0.15) is 0 Å². The number of hydrogen-bond acceptors (Lipinski definition) is 2. The number of benzene rings is 2. The second-order valence-electron chi connectivity index (χ2n) is 5.13. The van der Waals surface area contributed by atoms with Gasteiger partial charge in [-0.05, 0) is 65.0 Å². The molecule has 1 N–H and O–H groups in total. The van der Waals surface area contributed by atoms with Gasteiger partial charge < -0.3 is 5.32 Å². The van der Waals surface area contributed by atoms with Crippen molar-refractivity contribution in [3.05, 3.63) is 63.2 Å². The molecule has 0 spiro atoms. The summed E-state index contributed by atoms with van der Waals surface area (Å²) in [4.78, 5) is 1.25. The van der Waals surface area contributed by atoms with Gasteiger partial charge >= 0.3 is 0 Å². The van der Waals surface area contributed by atoms with Crippen molar-refractivity contribution in [2.24, 2.45) is 0 Å². The number of rotatable bonds is 3. The highest BCUT2D eigenvalue weighted by Crippen LogP contribution is 2.33. The zero-order valence-electron chi connectivity index (χ0n) is 11.8. The van der Waals surface area contributed by atoms with Gasteiger partial charge in [-0.15, -0.1) is 11.3 Å². The van der Waals surface area contributed by atoms with Gasteiger partial charge in [0, 0.05) is 15.3 Å². The van der Waals surface area contributed by atoms with E-state index in [1.807, 2.05) is 13.0 Å². The zero-order chi connectivity index (χ0) is 15.0. The molecule has 0 fully saturated rings. The highest BCUT2D eigenvalue weighted by atomic mass is 79.9. The Balaban J connectivity index is 1.89. The summed E-state index contributed by atoms with van der Waals surface area (Å²) in [6, 6.07) is 14.0. The highest BCUT2D eigenvalue weighted by Gasteiger charge is 2.12. The first kappa shape index (κ1) is 14.5. The molecule has 0 aliphatic heterocycles. The fourth-order valence-electron chi connectivity index (χ4n) is 2.32. The Bertz CT molecular complexity index is 764. The van der Waals surface area contributed by atoms with Gasteiger partial charge in [0.1, 0.15) is 5.82 Å². The second-order valence-corrected chi connectivity index (χ2v) is 7.10. The number of thiophene rings is 1. The van der Waals surface area contributed by atoms with Crippen LogP contribution in [-0.2, 0) is 0 Å². The van der Waals surface area contributed by atoms with E-state index in [0.29, 0.717) is 4.47 Å². The maximum atomic E-state index is 13.7. The molecule has 1 unspecified atom stereocenters. The molecule has 0 radical (unpaired) electrons. The van der Waals surface area contributed by atoms with E-state index in [4.69, 9.17) is 0 Å². The van der Waals surface area contributed by atoms with Crippen LogP contribution in [0.2, 0.25) is 0 Å². The first-order chi connectivity index (χ1) is 10.0. The molecule has 0 saturated carbocycles. The smallest absolute Gasteiger partial charge is 0.139 e. The lowest BCUT2D eigenvalue weighted by molar-refractivity contribution is 0.620. The predicted molar refractivity (Wildman–Crippen MR) is 92.7 cm³/mol. The summed E-state index contributed by atoms with van der Waals surface area (Å²) < 4.78 is 15.5. The minimum Gasteiger partial charge on any atom is -0.377 e. The molecular formula is C17H15BrFNS. The van der Waals surface area contributed by atoms with E-state index in [-0.39, 0.29) is 11.9 Å². The quantitative estimate of drug-likeness (QED) is 0.576. The van der Waals surface area contributed by atoms with E-state index in [1.54, 1.807) is 23.5 Å². The van der Waals surface area contributed by atoms with Crippen molar-refractivity contribution >= 4 is 43.0 Å². The number of nitrogens with one attached hydrogen (secondary N) is 1. The van der Waals surface area contributed by atoms with Crippen LogP contribution >= 0.6 is 27.3 Å². The summed E-state index contributed by atoms with van der Waals surface area (Å²) in [6.07, 6.45) is 0. The molecule has 0 aliphatic carbocycles. The van der Waals surface area contributed by atoms with E-state index >= 15 is 0 Å². The van der Waals surface area contributed by atoms with Crippen molar-refractivity contribution < 1.29 is 4.39 Å². The zero-order valence-corrected chi connectivity index (χ0v) is 14.2. The minimum atomic E-state index is -0.244. The van der Waals surface area contributed by atoms with Gasteiger partial charge in [-0.3, -0.25) is 0 Å². The summed E-state index contributed by atoms with van der Waals surface area (Å²) >= 11 is 4.99. The van der Waals surface area contributed by atoms with Gasteiger partial charge in [-0.25, -0.2) is 4.39 Å². The Kier molecular flexibility index (Phi) is 4.00. The van der Waals surface area contributed by atoms with Crippen molar-refractivity contribution in [1.29, 1.82) is 0 Å². The number of aryl methyl sites for hydroxylation is 1. The molecule has 0 saturated heterocycles. The van der Waals surface area contributed by atoms with Gasteiger partial charge in [0.25, 0.3) is 0 Å². The molecule has 0 aliphatic rings. The van der Waals surface area contributed by atoms with Crippen molar-refractivity contribution in [3.63, 3.8) is 0 Å². The molecule has 0 amide bonds. The molecular weight excluding hydrogens is 349 g/mol. The van der Waals surface area contributed by atoms with Crippen LogP contribution in [0.3, 0.4) is 0 Å². The van der Waals surface area contributed by atoms with Crippen LogP contribution in [-0.4, -0.2) is 0 Å².